The van der Waals surface area contributed by atoms with E-state index in [2.05, 4.69) is 10.3 Å². The molecule has 0 aliphatic heterocycles. The number of benzene rings is 1. The predicted molar refractivity (Wildman–Crippen MR) is 110 cm³/mol. The molecule has 144 valence electrons. The fourth-order valence-electron chi connectivity index (χ4n) is 2.54. The van der Waals surface area contributed by atoms with E-state index >= 15 is 0 Å². The van der Waals surface area contributed by atoms with Gasteiger partial charge in [-0.15, -0.1) is 11.8 Å². The highest BCUT2D eigenvalue weighted by molar-refractivity contribution is 7.98. The van der Waals surface area contributed by atoms with Gasteiger partial charge in [-0.05, 0) is 48.7 Å². The highest BCUT2D eigenvalue weighted by Gasteiger charge is 2.18. The first kappa shape index (κ1) is 21.0. The number of nitrogens with zero attached hydrogens (tertiary/aromatic N) is 2. The van der Waals surface area contributed by atoms with E-state index in [1.165, 1.54) is 0 Å². The highest BCUT2D eigenvalue weighted by atomic mass is 32.2. The van der Waals surface area contributed by atoms with E-state index in [4.69, 9.17) is 0 Å². The maximum Gasteiger partial charge on any atom is 0.254 e. The number of nitrogens with one attached hydrogen (secondary N) is 1. The minimum atomic E-state index is -0.109. The van der Waals surface area contributed by atoms with Crippen LogP contribution in [-0.4, -0.2) is 41.3 Å². The van der Waals surface area contributed by atoms with Crippen molar-refractivity contribution >= 4 is 23.6 Å². The van der Waals surface area contributed by atoms with E-state index in [9.17, 15) is 9.59 Å². The van der Waals surface area contributed by atoms with Crippen LogP contribution in [0.25, 0.3) is 0 Å². The molecule has 6 heteroatoms. The summed E-state index contributed by atoms with van der Waals surface area (Å²) in [5.74, 6) is 0.621. The molecule has 2 aromatic rings. The molecular formula is C21H27N3O2S. The Bertz CT molecular complexity index is 720. The number of hydrogen-bond acceptors (Lipinski definition) is 4. The molecule has 0 aliphatic carbocycles. The fraction of sp³-hybridized carbons (Fsp3) is 0.381. The first-order chi connectivity index (χ1) is 13.1. The second kappa shape index (κ2) is 11.4. The molecule has 0 aliphatic rings. The summed E-state index contributed by atoms with van der Waals surface area (Å²) in [5.41, 5.74) is 1.77. The molecule has 0 saturated heterocycles. The number of thioether (sulfide) groups is 1. The van der Waals surface area contributed by atoms with Gasteiger partial charge in [0.05, 0.1) is 6.54 Å². The van der Waals surface area contributed by atoms with Crippen molar-refractivity contribution in [2.45, 2.75) is 37.3 Å². The number of carbonyl (C=O) groups is 2. The van der Waals surface area contributed by atoms with E-state index < -0.39 is 0 Å². The van der Waals surface area contributed by atoms with E-state index in [1.54, 1.807) is 22.9 Å². The maximum atomic E-state index is 12.8. The lowest BCUT2D eigenvalue weighted by atomic mass is 10.2. The summed E-state index contributed by atoms with van der Waals surface area (Å²) in [7, 11) is 0. The van der Waals surface area contributed by atoms with E-state index in [0.717, 1.165) is 29.1 Å². The molecule has 0 radical (unpaired) electrons. The molecule has 1 N–H and O–H groups in total. The van der Waals surface area contributed by atoms with Crippen molar-refractivity contribution in [1.82, 2.24) is 15.2 Å². The van der Waals surface area contributed by atoms with E-state index in [-0.39, 0.29) is 18.4 Å². The Hall–Kier alpha value is -2.34. The second-order valence-corrected chi connectivity index (χ2v) is 7.30. The molecule has 0 unspecified atom stereocenters. The molecule has 0 fully saturated rings. The second-order valence-electron chi connectivity index (χ2n) is 6.25. The van der Waals surface area contributed by atoms with Gasteiger partial charge in [-0.25, -0.2) is 0 Å². The van der Waals surface area contributed by atoms with Gasteiger partial charge < -0.3 is 10.2 Å². The largest absolute Gasteiger partial charge is 0.355 e. The molecule has 27 heavy (non-hydrogen) atoms. The minimum Gasteiger partial charge on any atom is -0.355 e. The topological polar surface area (TPSA) is 62.3 Å². The number of amides is 2. The van der Waals surface area contributed by atoms with E-state index in [1.807, 2.05) is 56.4 Å². The quantitative estimate of drug-likeness (QED) is 0.633. The zero-order valence-corrected chi connectivity index (χ0v) is 16.8. The van der Waals surface area contributed by atoms with Crippen LogP contribution in [0.5, 0.6) is 0 Å². The van der Waals surface area contributed by atoms with Gasteiger partial charge in [-0.2, -0.15) is 0 Å². The number of rotatable bonds is 10. The molecule has 2 amide bonds. The number of aromatic nitrogens is 1. The van der Waals surface area contributed by atoms with Crippen LogP contribution in [0.15, 0.2) is 53.7 Å². The van der Waals surface area contributed by atoms with Crippen molar-refractivity contribution in [2.75, 3.05) is 19.6 Å². The first-order valence-corrected chi connectivity index (χ1v) is 10.3. The average molecular weight is 386 g/mol. The molecule has 0 atom stereocenters. The molecule has 1 heterocycles. The van der Waals surface area contributed by atoms with Crippen LogP contribution in [0.3, 0.4) is 0 Å². The summed E-state index contributed by atoms with van der Waals surface area (Å²) >= 11 is 1.70. The Morgan fingerprint density at radius 2 is 1.89 bits per heavy atom. The minimum absolute atomic E-state index is 0.101. The predicted octanol–water partition coefficient (Wildman–Crippen LogP) is 3.75. The van der Waals surface area contributed by atoms with Gasteiger partial charge in [-0.3, -0.25) is 14.6 Å². The van der Waals surface area contributed by atoms with Crippen molar-refractivity contribution < 1.29 is 9.59 Å². The number of carbonyl (C=O) groups excluding carboxylic acids is 2. The lowest BCUT2D eigenvalue weighted by Gasteiger charge is -2.21. The lowest BCUT2D eigenvalue weighted by Crippen LogP contribution is -2.41. The number of pyridine rings is 1. The summed E-state index contributed by atoms with van der Waals surface area (Å²) in [4.78, 5) is 31.6. The number of hydrogen-bond donors (Lipinski definition) is 1. The van der Waals surface area contributed by atoms with Crippen LogP contribution in [0.2, 0.25) is 0 Å². The zero-order valence-electron chi connectivity index (χ0n) is 16.0. The third kappa shape index (κ3) is 7.06. The molecule has 1 aromatic carbocycles. The van der Waals surface area contributed by atoms with Crippen LogP contribution in [0, 0.1) is 0 Å². The average Bonchev–Trinajstić information content (AvgIpc) is 2.71. The highest BCUT2D eigenvalue weighted by Crippen LogP contribution is 2.23. The van der Waals surface area contributed by atoms with Crippen LogP contribution in [-0.2, 0) is 10.5 Å². The molecular weight excluding hydrogens is 358 g/mol. The van der Waals surface area contributed by atoms with Gasteiger partial charge in [0.15, 0.2) is 0 Å². The van der Waals surface area contributed by atoms with Crippen LogP contribution in [0.4, 0.5) is 0 Å². The Kier molecular flexibility index (Phi) is 8.84. The van der Waals surface area contributed by atoms with Gasteiger partial charge in [0.2, 0.25) is 5.91 Å². The summed E-state index contributed by atoms with van der Waals surface area (Å²) in [5, 5.41) is 2.83. The van der Waals surface area contributed by atoms with Crippen molar-refractivity contribution in [1.29, 1.82) is 0 Å². The van der Waals surface area contributed by atoms with Crippen molar-refractivity contribution in [3.63, 3.8) is 0 Å². The molecule has 2 rings (SSSR count). The van der Waals surface area contributed by atoms with E-state index in [0.29, 0.717) is 18.7 Å². The van der Waals surface area contributed by atoms with Gasteiger partial charge >= 0.3 is 0 Å². The molecule has 5 nitrogen and oxygen atoms in total. The van der Waals surface area contributed by atoms with Crippen LogP contribution in [0.1, 0.15) is 42.6 Å². The standard InChI is InChI=1S/C21H27N3O2S/c1-3-11-23-20(25)15-24(13-4-2)21(26)18-7-9-19(10-8-18)27-16-17-6-5-12-22-14-17/h5-10,12,14H,3-4,11,13,15-16H2,1-2H3,(H,23,25). The van der Waals surface area contributed by atoms with Gasteiger partial charge in [0.25, 0.3) is 5.91 Å². The normalized spacial score (nSPS) is 10.4. The van der Waals surface area contributed by atoms with Crippen molar-refractivity contribution in [3.8, 4) is 0 Å². The summed E-state index contributed by atoms with van der Waals surface area (Å²) in [6.07, 6.45) is 5.31. The zero-order chi connectivity index (χ0) is 19.5. The summed E-state index contributed by atoms with van der Waals surface area (Å²) in [6, 6.07) is 11.5. The fourth-order valence-corrected chi connectivity index (χ4v) is 3.38. The third-order valence-electron chi connectivity index (χ3n) is 3.92. The van der Waals surface area contributed by atoms with Crippen LogP contribution < -0.4 is 5.32 Å². The molecule has 0 bridgehead atoms. The Morgan fingerprint density at radius 3 is 2.52 bits per heavy atom. The SMILES string of the molecule is CCCNC(=O)CN(CCC)C(=O)c1ccc(SCc2cccnc2)cc1. The van der Waals surface area contributed by atoms with Gasteiger partial charge in [0, 0.05) is 41.7 Å². The smallest absolute Gasteiger partial charge is 0.254 e. The molecule has 0 spiro atoms. The molecule has 0 saturated carbocycles. The maximum absolute atomic E-state index is 12.8. The first-order valence-electron chi connectivity index (χ1n) is 9.31. The monoisotopic (exact) mass is 385 g/mol. The Morgan fingerprint density at radius 1 is 1.11 bits per heavy atom. The van der Waals surface area contributed by atoms with Crippen LogP contribution >= 0.6 is 11.8 Å². The Balaban J connectivity index is 1.96. The van der Waals surface area contributed by atoms with Crippen molar-refractivity contribution in [2.24, 2.45) is 0 Å². The van der Waals surface area contributed by atoms with Crippen molar-refractivity contribution in [3.05, 3.63) is 59.9 Å². The Labute approximate surface area is 165 Å². The van der Waals surface area contributed by atoms with Gasteiger partial charge in [-0.1, -0.05) is 19.9 Å². The summed E-state index contributed by atoms with van der Waals surface area (Å²) in [6.45, 7) is 5.31. The third-order valence-corrected chi connectivity index (χ3v) is 5.00. The summed E-state index contributed by atoms with van der Waals surface area (Å²) < 4.78 is 0. The van der Waals surface area contributed by atoms with Gasteiger partial charge in [0.1, 0.15) is 0 Å². The molecule has 1 aromatic heterocycles. The lowest BCUT2D eigenvalue weighted by molar-refractivity contribution is -0.121.